The highest BCUT2D eigenvalue weighted by Gasteiger charge is 2.36. The number of sulfonamides is 1. The predicted molar refractivity (Wildman–Crippen MR) is 64.1 cm³/mol. The molecule has 1 aliphatic heterocycles. The molecule has 1 fully saturated rings. The van der Waals surface area contributed by atoms with Gasteiger partial charge in [0.25, 0.3) is 10.0 Å². The zero-order chi connectivity index (χ0) is 12.5. The molecule has 0 bridgehead atoms. The van der Waals surface area contributed by atoms with Gasteiger partial charge >= 0.3 is 0 Å². The van der Waals surface area contributed by atoms with E-state index in [1.165, 1.54) is 12.5 Å². The smallest absolute Gasteiger partial charge is 0.260 e. The van der Waals surface area contributed by atoms with Crippen LogP contribution in [0.3, 0.4) is 0 Å². The lowest BCUT2D eigenvalue weighted by molar-refractivity contribution is 0.291. The zero-order valence-corrected chi connectivity index (χ0v) is 10.9. The van der Waals surface area contributed by atoms with Crippen LogP contribution >= 0.6 is 0 Å². The predicted octanol–water partition coefficient (Wildman–Crippen LogP) is 0.124. The van der Waals surface area contributed by atoms with Gasteiger partial charge in [0.15, 0.2) is 5.03 Å². The highest BCUT2D eigenvalue weighted by molar-refractivity contribution is 7.89. The second kappa shape index (κ2) is 4.75. The number of H-pyrrole nitrogens is 1. The third-order valence-corrected chi connectivity index (χ3v) is 4.84. The lowest BCUT2D eigenvalue weighted by atomic mass is 10.2. The van der Waals surface area contributed by atoms with Crippen molar-refractivity contribution in [2.45, 2.75) is 23.9 Å². The van der Waals surface area contributed by atoms with Gasteiger partial charge in [-0.15, -0.1) is 0 Å². The molecular formula is C10H18N4O2S. The van der Waals surface area contributed by atoms with Crippen LogP contribution in [0.25, 0.3) is 0 Å². The standard InChI is InChI=1S/C10H18N4O2S/c1-13(2)7-9-4-3-5-14(9)17(15,16)10-6-11-8-12-10/h6,8-9H,3-5,7H2,1-2H3,(H,11,12). The van der Waals surface area contributed by atoms with Gasteiger partial charge in [-0.25, -0.2) is 13.4 Å². The molecule has 0 saturated carbocycles. The zero-order valence-electron chi connectivity index (χ0n) is 10.1. The summed E-state index contributed by atoms with van der Waals surface area (Å²) in [5, 5.41) is 0.183. The second-order valence-corrected chi connectivity index (χ2v) is 6.45. The first-order chi connectivity index (χ1) is 8.01. The number of nitrogens with one attached hydrogen (secondary N) is 1. The molecule has 1 atom stereocenters. The fourth-order valence-electron chi connectivity index (χ4n) is 2.24. The Hall–Kier alpha value is -0.920. The number of aromatic nitrogens is 2. The van der Waals surface area contributed by atoms with E-state index in [1.54, 1.807) is 4.31 Å². The van der Waals surface area contributed by atoms with Crippen molar-refractivity contribution in [2.75, 3.05) is 27.2 Å². The van der Waals surface area contributed by atoms with Crippen molar-refractivity contribution in [3.8, 4) is 0 Å². The Balaban J connectivity index is 2.21. The normalized spacial score (nSPS) is 22.4. The summed E-state index contributed by atoms with van der Waals surface area (Å²) in [4.78, 5) is 8.47. The van der Waals surface area contributed by atoms with Gasteiger partial charge in [0, 0.05) is 19.1 Å². The summed E-state index contributed by atoms with van der Waals surface area (Å²) in [7, 11) is 0.514. The van der Waals surface area contributed by atoms with Crippen molar-refractivity contribution in [3.63, 3.8) is 0 Å². The molecule has 1 N–H and O–H groups in total. The average molecular weight is 258 g/mol. The molecule has 2 rings (SSSR count). The van der Waals surface area contributed by atoms with Crippen molar-refractivity contribution in [1.29, 1.82) is 0 Å². The van der Waals surface area contributed by atoms with Crippen molar-refractivity contribution >= 4 is 10.0 Å². The lowest BCUT2D eigenvalue weighted by Gasteiger charge is -2.25. The molecule has 0 aliphatic carbocycles. The van der Waals surface area contributed by atoms with Gasteiger partial charge in [0.1, 0.15) is 0 Å². The van der Waals surface area contributed by atoms with Crippen molar-refractivity contribution < 1.29 is 8.42 Å². The molecule has 1 saturated heterocycles. The van der Waals surface area contributed by atoms with Crippen LogP contribution in [-0.2, 0) is 10.0 Å². The molecule has 1 aromatic heterocycles. The van der Waals surface area contributed by atoms with Crippen LogP contribution in [0.15, 0.2) is 17.6 Å². The van der Waals surface area contributed by atoms with E-state index in [-0.39, 0.29) is 11.1 Å². The highest BCUT2D eigenvalue weighted by atomic mass is 32.2. The van der Waals surface area contributed by atoms with Crippen molar-refractivity contribution in [3.05, 3.63) is 12.5 Å². The molecule has 6 nitrogen and oxygen atoms in total. The van der Waals surface area contributed by atoms with Gasteiger partial charge in [-0.2, -0.15) is 4.31 Å². The first kappa shape index (κ1) is 12.5. The maximum Gasteiger partial charge on any atom is 0.260 e. The molecule has 96 valence electrons. The SMILES string of the molecule is CN(C)CC1CCCN1S(=O)(=O)c1cnc[nH]1. The first-order valence-corrected chi connectivity index (χ1v) is 7.11. The number of imidazole rings is 1. The number of nitrogens with zero attached hydrogens (tertiary/aromatic N) is 3. The van der Waals surface area contributed by atoms with Crippen molar-refractivity contribution in [2.24, 2.45) is 0 Å². The van der Waals surface area contributed by atoms with E-state index in [0.717, 1.165) is 19.4 Å². The third kappa shape index (κ3) is 2.51. The van der Waals surface area contributed by atoms with Crippen LogP contribution in [-0.4, -0.2) is 60.8 Å². The van der Waals surface area contributed by atoms with Gasteiger partial charge in [0.05, 0.1) is 12.5 Å². The Labute approximate surface area is 102 Å². The maximum absolute atomic E-state index is 12.3. The van der Waals surface area contributed by atoms with E-state index in [2.05, 4.69) is 9.97 Å². The molecule has 0 aromatic carbocycles. The molecule has 17 heavy (non-hydrogen) atoms. The Kier molecular flexibility index (Phi) is 3.50. The van der Waals surface area contributed by atoms with Gasteiger partial charge in [-0.05, 0) is 26.9 Å². The van der Waals surface area contributed by atoms with Crippen LogP contribution in [0.5, 0.6) is 0 Å². The quantitative estimate of drug-likeness (QED) is 0.833. The summed E-state index contributed by atoms with van der Waals surface area (Å²) in [5.74, 6) is 0. The number of hydrogen-bond donors (Lipinski definition) is 1. The van der Waals surface area contributed by atoms with E-state index >= 15 is 0 Å². The fraction of sp³-hybridized carbons (Fsp3) is 0.700. The fourth-order valence-corrected chi connectivity index (χ4v) is 3.82. The summed E-state index contributed by atoms with van der Waals surface area (Å²) in [5.41, 5.74) is 0. The van der Waals surface area contributed by atoms with E-state index in [4.69, 9.17) is 0 Å². The molecule has 1 aliphatic rings. The van der Waals surface area contributed by atoms with Crippen LogP contribution < -0.4 is 0 Å². The Morgan fingerprint density at radius 3 is 2.94 bits per heavy atom. The Bertz CT molecular complexity index is 455. The molecule has 2 heterocycles. The van der Waals surface area contributed by atoms with Gasteiger partial charge < -0.3 is 9.88 Å². The molecular weight excluding hydrogens is 240 g/mol. The number of likely N-dealkylation sites (N-methyl/N-ethyl adjacent to an activating group) is 1. The molecule has 7 heteroatoms. The minimum Gasteiger partial charge on any atom is -0.335 e. The summed E-state index contributed by atoms with van der Waals surface area (Å²) in [6.45, 7) is 1.35. The van der Waals surface area contributed by atoms with Gasteiger partial charge in [-0.3, -0.25) is 0 Å². The highest BCUT2D eigenvalue weighted by Crippen LogP contribution is 2.25. The topological polar surface area (TPSA) is 69.3 Å². The Morgan fingerprint density at radius 2 is 2.35 bits per heavy atom. The van der Waals surface area contributed by atoms with Crippen LogP contribution in [0.1, 0.15) is 12.8 Å². The minimum absolute atomic E-state index is 0.0679. The lowest BCUT2D eigenvalue weighted by Crippen LogP contribution is -2.41. The second-order valence-electron chi connectivity index (χ2n) is 4.59. The van der Waals surface area contributed by atoms with E-state index in [0.29, 0.717) is 6.54 Å². The summed E-state index contributed by atoms with van der Waals surface area (Å²) >= 11 is 0. The number of hydrogen-bond acceptors (Lipinski definition) is 4. The third-order valence-electron chi connectivity index (χ3n) is 2.96. The summed E-state index contributed by atoms with van der Waals surface area (Å²) < 4.78 is 26.2. The largest absolute Gasteiger partial charge is 0.335 e. The van der Waals surface area contributed by atoms with E-state index in [9.17, 15) is 8.42 Å². The van der Waals surface area contributed by atoms with E-state index < -0.39 is 10.0 Å². The average Bonchev–Trinajstić information content (AvgIpc) is 2.85. The molecule has 1 aromatic rings. The Morgan fingerprint density at radius 1 is 1.59 bits per heavy atom. The first-order valence-electron chi connectivity index (χ1n) is 5.67. The minimum atomic E-state index is -3.40. The summed E-state index contributed by atoms with van der Waals surface area (Å²) in [6, 6.07) is 0.0679. The molecule has 1 unspecified atom stereocenters. The number of aromatic amines is 1. The van der Waals surface area contributed by atoms with Crippen molar-refractivity contribution in [1.82, 2.24) is 19.2 Å². The van der Waals surface area contributed by atoms with Crippen LogP contribution in [0.2, 0.25) is 0 Å². The van der Waals surface area contributed by atoms with Gasteiger partial charge in [-0.1, -0.05) is 0 Å². The van der Waals surface area contributed by atoms with Crippen LogP contribution in [0, 0.1) is 0 Å². The van der Waals surface area contributed by atoms with E-state index in [1.807, 2.05) is 19.0 Å². The molecule has 0 radical (unpaired) electrons. The van der Waals surface area contributed by atoms with Crippen LogP contribution in [0.4, 0.5) is 0 Å². The number of rotatable bonds is 4. The summed E-state index contributed by atoms with van der Waals surface area (Å²) in [6.07, 6.45) is 4.60. The maximum atomic E-state index is 12.3. The molecule has 0 amide bonds. The molecule has 0 spiro atoms. The monoisotopic (exact) mass is 258 g/mol. The van der Waals surface area contributed by atoms with Gasteiger partial charge in [0.2, 0.25) is 0 Å².